The number of nitrogens with zero attached hydrogens (tertiary/aromatic N) is 4. The van der Waals surface area contributed by atoms with Crippen molar-refractivity contribution < 1.29 is 0 Å². The fourth-order valence-corrected chi connectivity index (χ4v) is 2.78. The number of benzene rings is 1. The molecule has 0 unspecified atom stereocenters. The highest BCUT2D eigenvalue weighted by Gasteiger charge is 2.16. The minimum atomic E-state index is 0.443. The Labute approximate surface area is 132 Å². The maximum atomic E-state index is 6.33. The average molecular weight is 307 g/mol. The molecule has 3 heterocycles. The van der Waals surface area contributed by atoms with Gasteiger partial charge in [-0.2, -0.15) is 0 Å². The summed E-state index contributed by atoms with van der Waals surface area (Å²) in [4.78, 5) is 12.7. The zero-order chi connectivity index (χ0) is 14.9. The third-order valence-electron chi connectivity index (χ3n) is 3.54. The van der Waals surface area contributed by atoms with Gasteiger partial charge in [0, 0.05) is 35.4 Å². The van der Waals surface area contributed by atoms with Gasteiger partial charge in [-0.15, -0.1) is 0 Å². The normalized spacial score (nSPS) is 11.0. The van der Waals surface area contributed by atoms with E-state index in [0.29, 0.717) is 5.15 Å². The second kappa shape index (κ2) is 5.24. The summed E-state index contributed by atoms with van der Waals surface area (Å²) in [6.45, 7) is 0. The van der Waals surface area contributed by atoms with E-state index in [1.807, 2.05) is 59.4 Å². The van der Waals surface area contributed by atoms with Gasteiger partial charge in [0.05, 0.1) is 5.39 Å². The molecule has 0 fully saturated rings. The van der Waals surface area contributed by atoms with Crippen LogP contribution in [0.2, 0.25) is 5.15 Å². The topological polar surface area (TPSA) is 43.6 Å². The Morgan fingerprint density at radius 3 is 2.59 bits per heavy atom. The maximum Gasteiger partial charge on any atom is 0.150 e. The minimum absolute atomic E-state index is 0.443. The highest BCUT2D eigenvalue weighted by atomic mass is 35.5. The number of rotatable bonds is 2. The van der Waals surface area contributed by atoms with Crippen LogP contribution in [0, 0.1) is 0 Å². The van der Waals surface area contributed by atoms with Gasteiger partial charge in [0.2, 0.25) is 0 Å². The van der Waals surface area contributed by atoms with Gasteiger partial charge in [0.1, 0.15) is 17.1 Å². The second-order valence-electron chi connectivity index (χ2n) is 4.85. The van der Waals surface area contributed by atoms with Gasteiger partial charge in [-0.3, -0.25) is 4.98 Å². The van der Waals surface area contributed by atoms with Gasteiger partial charge in [0.25, 0.3) is 0 Å². The van der Waals surface area contributed by atoms with Crippen molar-refractivity contribution in [2.24, 2.45) is 0 Å². The fraction of sp³-hybridized carbons (Fsp3) is 0. The number of pyridine rings is 1. The molecule has 0 N–H and O–H groups in total. The number of para-hydroxylation sites is 1. The molecule has 0 aliphatic carbocycles. The molecule has 0 saturated carbocycles. The van der Waals surface area contributed by atoms with E-state index in [1.165, 1.54) is 6.33 Å². The molecule has 0 bridgehead atoms. The molecule has 0 saturated heterocycles. The molecule has 0 aliphatic heterocycles. The molecule has 4 rings (SSSR count). The molecule has 4 aromatic rings. The SMILES string of the molecule is Clc1ncnc2c1c(-c1cccnc1)cn2-c1ccccc1. The first kappa shape index (κ1) is 13.0. The number of hydrogen-bond acceptors (Lipinski definition) is 3. The highest BCUT2D eigenvalue weighted by molar-refractivity contribution is 6.35. The van der Waals surface area contributed by atoms with Crippen LogP contribution >= 0.6 is 11.6 Å². The van der Waals surface area contributed by atoms with E-state index >= 15 is 0 Å². The van der Waals surface area contributed by atoms with Crippen molar-refractivity contribution in [2.75, 3.05) is 0 Å². The van der Waals surface area contributed by atoms with E-state index in [-0.39, 0.29) is 0 Å². The van der Waals surface area contributed by atoms with Crippen LogP contribution < -0.4 is 0 Å². The summed E-state index contributed by atoms with van der Waals surface area (Å²) in [5.41, 5.74) is 3.76. The number of halogens is 1. The van der Waals surface area contributed by atoms with E-state index in [4.69, 9.17) is 11.6 Å². The molecule has 0 radical (unpaired) electrons. The standard InChI is InChI=1S/C17H11ClN4/c18-16-15-14(12-5-4-8-19-9-12)10-22(17(15)21-11-20-16)13-6-2-1-3-7-13/h1-11H. The monoisotopic (exact) mass is 306 g/mol. The average Bonchev–Trinajstić information content (AvgIpc) is 2.98. The lowest BCUT2D eigenvalue weighted by Crippen LogP contribution is -1.93. The Hall–Kier alpha value is -2.72. The molecule has 3 aromatic heterocycles. The minimum Gasteiger partial charge on any atom is -0.301 e. The molecular formula is C17H11ClN4. The Morgan fingerprint density at radius 2 is 1.82 bits per heavy atom. The first-order valence-corrected chi connectivity index (χ1v) is 7.20. The van der Waals surface area contributed by atoms with E-state index in [1.54, 1.807) is 6.20 Å². The van der Waals surface area contributed by atoms with Crippen molar-refractivity contribution in [2.45, 2.75) is 0 Å². The van der Waals surface area contributed by atoms with Gasteiger partial charge < -0.3 is 4.57 Å². The van der Waals surface area contributed by atoms with E-state index in [9.17, 15) is 0 Å². The Balaban J connectivity index is 2.07. The molecule has 22 heavy (non-hydrogen) atoms. The first-order chi connectivity index (χ1) is 10.8. The lowest BCUT2D eigenvalue weighted by Gasteiger charge is -2.03. The van der Waals surface area contributed by atoms with Crippen molar-refractivity contribution in [3.8, 4) is 16.8 Å². The molecule has 5 heteroatoms. The van der Waals surface area contributed by atoms with Crippen LogP contribution in [0.1, 0.15) is 0 Å². The third kappa shape index (κ3) is 2.05. The fourth-order valence-electron chi connectivity index (χ4n) is 2.55. The van der Waals surface area contributed by atoms with Crippen LogP contribution in [0.25, 0.3) is 27.8 Å². The molecule has 4 nitrogen and oxygen atoms in total. The van der Waals surface area contributed by atoms with Crippen molar-refractivity contribution in [1.82, 2.24) is 19.5 Å². The number of aromatic nitrogens is 4. The smallest absolute Gasteiger partial charge is 0.150 e. The Bertz CT molecular complexity index is 933. The Kier molecular flexibility index (Phi) is 3.09. The summed E-state index contributed by atoms with van der Waals surface area (Å²) in [5.74, 6) is 0. The summed E-state index contributed by atoms with van der Waals surface area (Å²) in [7, 11) is 0. The Morgan fingerprint density at radius 1 is 0.955 bits per heavy atom. The zero-order valence-electron chi connectivity index (χ0n) is 11.5. The first-order valence-electron chi connectivity index (χ1n) is 6.82. The van der Waals surface area contributed by atoms with E-state index in [0.717, 1.165) is 27.8 Å². The largest absolute Gasteiger partial charge is 0.301 e. The summed E-state index contributed by atoms with van der Waals surface area (Å²) in [5, 5.41) is 1.28. The summed E-state index contributed by atoms with van der Waals surface area (Å²) in [6, 6.07) is 13.9. The molecule has 0 spiro atoms. The molecule has 0 aliphatic rings. The predicted molar refractivity (Wildman–Crippen MR) is 87.1 cm³/mol. The van der Waals surface area contributed by atoms with Crippen LogP contribution in [0.4, 0.5) is 0 Å². The lowest BCUT2D eigenvalue weighted by molar-refractivity contribution is 1.08. The molecule has 0 atom stereocenters. The van der Waals surface area contributed by atoms with Crippen LogP contribution in [0.5, 0.6) is 0 Å². The molecule has 1 aromatic carbocycles. The van der Waals surface area contributed by atoms with Crippen molar-refractivity contribution >= 4 is 22.6 Å². The predicted octanol–water partition coefficient (Wildman–Crippen LogP) is 4.14. The molecule has 0 amide bonds. The quantitative estimate of drug-likeness (QED) is 0.523. The summed E-state index contributed by atoms with van der Waals surface area (Å²) < 4.78 is 2.02. The highest BCUT2D eigenvalue weighted by Crippen LogP contribution is 2.34. The van der Waals surface area contributed by atoms with Gasteiger partial charge in [0.15, 0.2) is 0 Å². The number of fused-ring (bicyclic) bond motifs is 1. The lowest BCUT2D eigenvalue weighted by atomic mass is 10.1. The van der Waals surface area contributed by atoms with Crippen molar-refractivity contribution in [3.05, 3.63) is 72.5 Å². The van der Waals surface area contributed by atoms with Crippen molar-refractivity contribution in [1.29, 1.82) is 0 Å². The van der Waals surface area contributed by atoms with E-state index < -0.39 is 0 Å². The zero-order valence-corrected chi connectivity index (χ0v) is 12.3. The van der Waals surface area contributed by atoms with Crippen LogP contribution in [-0.2, 0) is 0 Å². The third-order valence-corrected chi connectivity index (χ3v) is 3.83. The molecule has 106 valence electrons. The van der Waals surface area contributed by atoms with Gasteiger partial charge >= 0.3 is 0 Å². The van der Waals surface area contributed by atoms with Gasteiger partial charge in [-0.25, -0.2) is 9.97 Å². The number of hydrogen-bond donors (Lipinski definition) is 0. The van der Waals surface area contributed by atoms with Gasteiger partial charge in [-0.1, -0.05) is 35.9 Å². The van der Waals surface area contributed by atoms with Crippen LogP contribution in [0.15, 0.2) is 67.4 Å². The van der Waals surface area contributed by atoms with Crippen molar-refractivity contribution in [3.63, 3.8) is 0 Å². The summed E-state index contributed by atoms with van der Waals surface area (Å²) in [6.07, 6.45) is 7.07. The van der Waals surface area contributed by atoms with Crippen LogP contribution in [0.3, 0.4) is 0 Å². The maximum absolute atomic E-state index is 6.33. The second-order valence-corrected chi connectivity index (χ2v) is 5.21. The van der Waals surface area contributed by atoms with Crippen LogP contribution in [-0.4, -0.2) is 19.5 Å². The summed E-state index contributed by atoms with van der Waals surface area (Å²) >= 11 is 6.33. The molecular weight excluding hydrogens is 296 g/mol. The van der Waals surface area contributed by atoms with Gasteiger partial charge in [-0.05, 0) is 18.2 Å². The van der Waals surface area contributed by atoms with E-state index in [2.05, 4.69) is 15.0 Å².